The Balaban J connectivity index is 2.32. The van der Waals surface area contributed by atoms with Crippen molar-refractivity contribution in [3.8, 4) is 0 Å². The van der Waals surface area contributed by atoms with Crippen molar-refractivity contribution in [2.75, 3.05) is 13.1 Å². The van der Waals surface area contributed by atoms with Crippen LogP contribution in [-0.2, 0) is 0 Å². The molecule has 1 aliphatic rings. The number of hydrogen-bond acceptors (Lipinski definition) is 2. The Hall–Kier alpha value is -1.06. The molecule has 0 bridgehead atoms. The van der Waals surface area contributed by atoms with Crippen molar-refractivity contribution in [3.63, 3.8) is 0 Å². The largest absolute Gasteiger partial charge is 0.337 e. The van der Waals surface area contributed by atoms with Crippen LogP contribution >= 0.6 is 0 Å². The summed E-state index contributed by atoms with van der Waals surface area (Å²) in [6.45, 7) is 4.86. The van der Waals surface area contributed by atoms with Gasteiger partial charge in [-0.05, 0) is 12.8 Å². The van der Waals surface area contributed by atoms with Crippen LogP contribution in [0.4, 0.5) is 4.79 Å². The molecule has 10 heavy (non-hydrogen) atoms. The van der Waals surface area contributed by atoms with E-state index in [-0.39, 0.29) is 6.03 Å². The highest BCUT2D eigenvalue weighted by molar-refractivity contribution is 5.74. The number of nitrogens with zero attached hydrogens (tertiary/aromatic N) is 2. The second-order valence-electron chi connectivity index (χ2n) is 2.27. The molecule has 1 heterocycles. The molecular weight excluding hydrogens is 130 g/mol. The molecule has 4 heteroatoms. The fraction of sp³-hybridized carbons (Fsp3) is 0.667. The van der Waals surface area contributed by atoms with Gasteiger partial charge in [0.25, 0.3) is 0 Å². The Morgan fingerprint density at radius 3 is 2.60 bits per heavy atom. The van der Waals surface area contributed by atoms with E-state index in [2.05, 4.69) is 17.2 Å². The van der Waals surface area contributed by atoms with E-state index in [9.17, 15) is 4.79 Å². The number of hydrogen-bond donors (Lipinski definition) is 1. The molecule has 0 spiro atoms. The average molecular weight is 141 g/mol. The van der Waals surface area contributed by atoms with Crippen molar-refractivity contribution in [1.29, 1.82) is 0 Å². The highest BCUT2D eigenvalue weighted by Gasteiger charge is 2.16. The van der Waals surface area contributed by atoms with Crippen LogP contribution < -0.4 is 5.43 Å². The van der Waals surface area contributed by atoms with Gasteiger partial charge in [-0.3, -0.25) is 0 Å². The smallest absolute Gasteiger partial charge is 0.323 e. The lowest BCUT2D eigenvalue weighted by Gasteiger charge is -2.12. The molecule has 1 saturated heterocycles. The minimum atomic E-state index is -0.132. The summed E-state index contributed by atoms with van der Waals surface area (Å²) in [7, 11) is 0. The zero-order valence-electron chi connectivity index (χ0n) is 5.84. The van der Waals surface area contributed by atoms with Gasteiger partial charge in [0, 0.05) is 19.8 Å². The number of nitrogens with one attached hydrogen (secondary N) is 1. The summed E-state index contributed by atoms with van der Waals surface area (Å²) >= 11 is 0. The summed E-state index contributed by atoms with van der Waals surface area (Å²) in [4.78, 5) is 12.7. The first kappa shape index (κ1) is 7.05. The van der Waals surface area contributed by atoms with Gasteiger partial charge in [-0.25, -0.2) is 10.2 Å². The van der Waals surface area contributed by atoms with Gasteiger partial charge in [-0.15, -0.1) is 0 Å². The lowest BCUT2D eigenvalue weighted by atomic mass is 10.4. The maximum atomic E-state index is 10.9. The molecule has 0 saturated carbocycles. The Morgan fingerprint density at radius 1 is 1.50 bits per heavy atom. The molecule has 4 nitrogen and oxygen atoms in total. The predicted molar refractivity (Wildman–Crippen MR) is 38.9 cm³/mol. The Bertz CT molecular complexity index is 140. The van der Waals surface area contributed by atoms with E-state index in [0.29, 0.717) is 0 Å². The maximum Gasteiger partial charge on any atom is 0.337 e. The van der Waals surface area contributed by atoms with E-state index in [1.54, 1.807) is 4.90 Å². The standard InChI is InChI=1S/C6H11N3O/c1-7-8-6(10)9-4-2-3-5-9/h1-5H2,(H,8,10). The summed E-state index contributed by atoms with van der Waals surface area (Å²) in [5.74, 6) is 0. The van der Waals surface area contributed by atoms with Crippen LogP contribution in [0.15, 0.2) is 5.10 Å². The van der Waals surface area contributed by atoms with Crippen LogP contribution in [0.25, 0.3) is 0 Å². The SMILES string of the molecule is C=NNC(=O)N1CCCC1. The van der Waals surface area contributed by atoms with Crippen LogP contribution in [0, 0.1) is 0 Å². The number of amides is 2. The monoisotopic (exact) mass is 141 g/mol. The third-order valence-electron chi connectivity index (χ3n) is 1.57. The first-order valence-electron chi connectivity index (χ1n) is 3.35. The Kier molecular flexibility index (Phi) is 2.25. The number of rotatable bonds is 1. The highest BCUT2D eigenvalue weighted by Crippen LogP contribution is 2.06. The summed E-state index contributed by atoms with van der Waals surface area (Å²) in [6, 6.07) is -0.132. The lowest BCUT2D eigenvalue weighted by Crippen LogP contribution is -2.34. The van der Waals surface area contributed by atoms with Crippen molar-refractivity contribution in [2.24, 2.45) is 5.10 Å². The van der Waals surface area contributed by atoms with Gasteiger partial charge >= 0.3 is 6.03 Å². The molecule has 0 aromatic carbocycles. The second-order valence-corrected chi connectivity index (χ2v) is 2.27. The van der Waals surface area contributed by atoms with Crippen molar-refractivity contribution >= 4 is 12.7 Å². The molecule has 56 valence electrons. The van der Waals surface area contributed by atoms with Gasteiger partial charge in [-0.1, -0.05) is 0 Å². The highest BCUT2D eigenvalue weighted by atomic mass is 16.2. The first-order chi connectivity index (χ1) is 4.84. The van der Waals surface area contributed by atoms with Crippen molar-refractivity contribution in [2.45, 2.75) is 12.8 Å². The van der Waals surface area contributed by atoms with Gasteiger partial charge in [-0.2, -0.15) is 5.10 Å². The molecule has 0 aliphatic carbocycles. The summed E-state index contributed by atoms with van der Waals surface area (Å²) < 4.78 is 0. The Labute approximate surface area is 59.9 Å². The zero-order valence-corrected chi connectivity index (χ0v) is 5.84. The van der Waals surface area contributed by atoms with Crippen LogP contribution in [0.5, 0.6) is 0 Å². The fourth-order valence-electron chi connectivity index (χ4n) is 1.06. The second kappa shape index (κ2) is 3.20. The van der Waals surface area contributed by atoms with E-state index in [1.807, 2.05) is 0 Å². The Morgan fingerprint density at radius 2 is 2.10 bits per heavy atom. The van der Waals surface area contributed by atoms with Crippen LogP contribution in [0.2, 0.25) is 0 Å². The molecule has 0 radical (unpaired) electrons. The van der Waals surface area contributed by atoms with Crippen LogP contribution in [-0.4, -0.2) is 30.7 Å². The number of hydrazone groups is 1. The number of likely N-dealkylation sites (tertiary alicyclic amines) is 1. The molecule has 1 aliphatic heterocycles. The molecule has 1 rings (SSSR count). The minimum absolute atomic E-state index is 0.132. The van der Waals surface area contributed by atoms with E-state index in [1.165, 1.54) is 0 Å². The van der Waals surface area contributed by atoms with E-state index < -0.39 is 0 Å². The topological polar surface area (TPSA) is 44.7 Å². The molecule has 0 atom stereocenters. The number of carbonyl (C=O) groups excluding carboxylic acids is 1. The van der Waals surface area contributed by atoms with Crippen molar-refractivity contribution < 1.29 is 4.79 Å². The van der Waals surface area contributed by atoms with E-state index >= 15 is 0 Å². The van der Waals surface area contributed by atoms with Gasteiger partial charge in [0.2, 0.25) is 0 Å². The summed E-state index contributed by atoms with van der Waals surface area (Å²) in [5, 5.41) is 3.29. The van der Waals surface area contributed by atoms with Crippen molar-refractivity contribution in [1.82, 2.24) is 10.3 Å². The molecule has 1 fully saturated rings. The summed E-state index contributed by atoms with van der Waals surface area (Å²) in [6.07, 6.45) is 2.20. The lowest BCUT2D eigenvalue weighted by molar-refractivity contribution is 0.209. The number of carbonyl (C=O) groups is 1. The van der Waals surface area contributed by atoms with Gasteiger partial charge in [0.15, 0.2) is 0 Å². The van der Waals surface area contributed by atoms with E-state index in [0.717, 1.165) is 25.9 Å². The molecule has 0 aromatic rings. The van der Waals surface area contributed by atoms with E-state index in [4.69, 9.17) is 0 Å². The van der Waals surface area contributed by atoms with Gasteiger partial charge in [0.05, 0.1) is 0 Å². The fourth-order valence-corrected chi connectivity index (χ4v) is 1.06. The average Bonchev–Trinajstić information content (AvgIpc) is 2.38. The minimum Gasteiger partial charge on any atom is -0.323 e. The molecular formula is C6H11N3O. The van der Waals surface area contributed by atoms with Crippen LogP contribution in [0.1, 0.15) is 12.8 Å². The van der Waals surface area contributed by atoms with Gasteiger partial charge in [0.1, 0.15) is 0 Å². The quantitative estimate of drug-likeness (QED) is 0.417. The number of urea groups is 1. The van der Waals surface area contributed by atoms with Crippen LogP contribution in [0.3, 0.4) is 0 Å². The molecule has 0 unspecified atom stereocenters. The molecule has 2 amide bonds. The van der Waals surface area contributed by atoms with Gasteiger partial charge < -0.3 is 4.90 Å². The molecule has 1 N–H and O–H groups in total. The maximum absolute atomic E-state index is 10.9. The predicted octanol–water partition coefficient (Wildman–Crippen LogP) is 0.407. The van der Waals surface area contributed by atoms with Crippen molar-refractivity contribution in [3.05, 3.63) is 0 Å². The third kappa shape index (κ3) is 1.46. The normalized spacial score (nSPS) is 17.0. The zero-order chi connectivity index (χ0) is 7.40. The third-order valence-corrected chi connectivity index (χ3v) is 1.57. The molecule has 0 aromatic heterocycles. The first-order valence-corrected chi connectivity index (χ1v) is 3.35. The summed E-state index contributed by atoms with van der Waals surface area (Å²) in [5.41, 5.74) is 2.29.